The van der Waals surface area contributed by atoms with Crippen LogP contribution in [0.5, 0.6) is 0 Å². The predicted octanol–water partition coefficient (Wildman–Crippen LogP) is 7.91. The third-order valence-corrected chi connectivity index (χ3v) is 9.83. The Balaban J connectivity index is 1.11. The van der Waals surface area contributed by atoms with Crippen LogP contribution in [0.15, 0.2) is 119 Å². The van der Waals surface area contributed by atoms with Gasteiger partial charge in [0, 0.05) is 48.3 Å². The maximum absolute atomic E-state index is 12.4. The molecule has 52 heavy (non-hydrogen) atoms. The van der Waals surface area contributed by atoms with E-state index in [-0.39, 0.29) is 31.1 Å². The summed E-state index contributed by atoms with van der Waals surface area (Å²) in [5, 5.41) is 21.7. The van der Waals surface area contributed by atoms with Crippen molar-refractivity contribution in [2.24, 2.45) is 0 Å². The highest BCUT2D eigenvalue weighted by Crippen LogP contribution is 2.41. The summed E-state index contributed by atoms with van der Waals surface area (Å²) in [5.74, 6) is 0.845. The fraction of sp³-hybridized carbons (Fsp3) is 0.293. The summed E-state index contributed by atoms with van der Waals surface area (Å²) in [7, 11) is 0. The van der Waals surface area contributed by atoms with Gasteiger partial charge in [-0.25, -0.2) is 10.5 Å². The standard InChI is InChI=1S/C41H43N3O7S/c45-26-29-18-20-30(21-19-29)35-24-34(27-52-41-43-38(31-10-4-1-5-11-31)39(51-41)32-12-6-2-7-13-32)49-40(50-35)33-22-16-28(17-23-33)25-42-36(46)14-8-3-9-15-37(47)44-48/h1-2,4-7,10-13,16-23,34-35,40,45,48H,3,8-9,14-15,24-27H2,(H,42,46)(H,44,47). The fourth-order valence-corrected chi connectivity index (χ4v) is 6.85. The van der Waals surface area contributed by atoms with Gasteiger partial charge in [0.25, 0.3) is 5.22 Å². The van der Waals surface area contributed by atoms with Crippen molar-refractivity contribution < 1.29 is 33.8 Å². The number of rotatable bonds is 16. The molecule has 11 heteroatoms. The highest BCUT2D eigenvalue weighted by atomic mass is 32.2. The summed E-state index contributed by atoms with van der Waals surface area (Å²) in [5.41, 5.74) is 8.00. The van der Waals surface area contributed by atoms with E-state index in [1.54, 1.807) is 5.48 Å². The monoisotopic (exact) mass is 721 g/mol. The van der Waals surface area contributed by atoms with Gasteiger partial charge in [0.1, 0.15) is 5.69 Å². The molecule has 0 saturated carbocycles. The van der Waals surface area contributed by atoms with Gasteiger partial charge in [-0.2, -0.15) is 0 Å². The second-order valence-electron chi connectivity index (χ2n) is 12.7. The van der Waals surface area contributed by atoms with Crippen LogP contribution in [0.1, 0.15) is 73.2 Å². The van der Waals surface area contributed by atoms with Crippen LogP contribution in [-0.2, 0) is 32.2 Å². The lowest BCUT2D eigenvalue weighted by Gasteiger charge is -2.36. The molecular formula is C41H43N3O7S. The number of hydrogen-bond donors (Lipinski definition) is 4. The molecule has 5 aromatic rings. The molecule has 0 aliphatic carbocycles. The highest BCUT2D eigenvalue weighted by Gasteiger charge is 2.33. The summed E-state index contributed by atoms with van der Waals surface area (Å²) in [6.45, 7) is 0.366. The molecule has 270 valence electrons. The number of benzene rings is 4. The number of carbonyl (C=O) groups is 2. The van der Waals surface area contributed by atoms with Crippen molar-refractivity contribution in [2.45, 2.75) is 75.4 Å². The number of amides is 2. The molecule has 6 rings (SSSR count). The third-order valence-electron chi connectivity index (χ3n) is 8.87. The predicted molar refractivity (Wildman–Crippen MR) is 198 cm³/mol. The van der Waals surface area contributed by atoms with Crippen molar-refractivity contribution in [1.29, 1.82) is 0 Å². The van der Waals surface area contributed by atoms with Crippen molar-refractivity contribution in [3.8, 4) is 22.6 Å². The van der Waals surface area contributed by atoms with Gasteiger partial charge in [0.05, 0.1) is 18.8 Å². The number of nitrogens with one attached hydrogen (secondary N) is 2. The minimum absolute atomic E-state index is 0.0266. The van der Waals surface area contributed by atoms with Crippen LogP contribution >= 0.6 is 11.8 Å². The zero-order chi connectivity index (χ0) is 36.1. The van der Waals surface area contributed by atoms with E-state index >= 15 is 0 Å². The van der Waals surface area contributed by atoms with Gasteiger partial charge in [-0.05, 0) is 29.5 Å². The lowest BCUT2D eigenvalue weighted by molar-refractivity contribution is -0.245. The minimum atomic E-state index is -0.622. The van der Waals surface area contributed by atoms with Gasteiger partial charge in [-0.1, -0.05) is 127 Å². The summed E-state index contributed by atoms with van der Waals surface area (Å²) >= 11 is 1.51. The van der Waals surface area contributed by atoms with E-state index in [1.165, 1.54) is 11.8 Å². The molecule has 4 aromatic carbocycles. The Kier molecular flexibility index (Phi) is 13.3. The molecular weight excluding hydrogens is 679 g/mol. The number of oxazole rings is 1. The molecule has 0 radical (unpaired) electrons. The third kappa shape index (κ3) is 10.2. The number of aromatic nitrogens is 1. The Morgan fingerprint density at radius 2 is 1.38 bits per heavy atom. The summed E-state index contributed by atoms with van der Waals surface area (Å²) in [6, 6.07) is 35.7. The zero-order valence-electron chi connectivity index (χ0n) is 28.8. The van der Waals surface area contributed by atoms with E-state index < -0.39 is 12.2 Å². The number of hydrogen-bond acceptors (Lipinski definition) is 9. The molecule has 3 atom stereocenters. The molecule has 1 saturated heterocycles. The van der Waals surface area contributed by atoms with Crippen LogP contribution in [-0.4, -0.2) is 39.0 Å². The largest absolute Gasteiger partial charge is 0.431 e. The summed E-state index contributed by atoms with van der Waals surface area (Å²) in [4.78, 5) is 28.4. The van der Waals surface area contributed by atoms with Crippen molar-refractivity contribution >= 4 is 23.6 Å². The molecule has 1 aromatic heterocycles. The normalized spacial score (nSPS) is 17.1. The first-order valence-electron chi connectivity index (χ1n) is 17.5. The Hall–Kier alpha value is -4.78. The minimum Gasteiger partial charge on any atom is -0.431 e. The molecule has 1 aliphatic heterocycles. The Bertz CT molecular complexity index is 1810. The van der Waals surface area contributed by atoms with Crippen molar-refractivity contribution in [3.63, 3.8) is 0 Å². The van der Waals surface area contributed by atoms with E-state index in [9.17, 15) is 14.7 Å². The van der Waals surface area contributed by atoms with Crippen LogP contribution < -0.4 is 10.8 Å². The number of unbranched alkanes of at least 4 members (excludes halogenated alkanes) is 2. The molecule has 3 unspecified atom stereocenters. The Morgan fingerprint density at radius 1 is 0.750 bits per heavy atom. The van der Waals surface area contributed by atoms with Gasteiger partial charge in [-0.15, -0.1) is 0 Å². The van der Waals surface area contributed by atoms with E-state index in [2.05, 4.69) is 5.32 Å². The average molecular weight is 722 g/mol. The quantitative estimate of drug-likeness (QED) is 0.0346. The molecule has 1 aliphatic rings. The van der Waals surface area contributed by atoms with Crippen LogP contribution in [0.2, 0.25) is 0 Å². The van der Waals surface area contributed by atoms with Gasteiger partial charge in [-0.3, -0.25) is 14.8 Å². The van der Waals surface area contributed by atoms with Gasteiger partial charge < -0.3 is 24.3 Å². The Labute approximate surface area is 307 Å². The van der Waals surface area contributed by atoms with Gasteiger partial charge >= 0.3 is 0 Å². The molecule has 0 bridgehead atoms. The average Bonchev–Trinajstić information content (AvgIpc) is 3.64. The van der Waals surface area contributed by atoms with E-state index in [1.807, 2.05) is 109 Å². The number of aliphatic hydroxyl groups is 1. The second kappa shape index (κ2) is 18.6. The number of hydroxylamine groups is 1. The van der Waals surface area contributed by atoms with Gasteiger partial charge in [0.2, 0.25) is 11.8 Å². The SMILES string of the molecule is O=C(CCCCCC(=O)NCc1ccc(C2OC(CSc3nc(-c4ccccc4)c(-c4ccccc4)o3)CC(c3ccc(CO)cc3)O2)cc1)NO. The number of aliphatic hydroxyl groups excluding tert-OH is 1. The molecule has 10 nitrogen and oxygen atoms in total. The van der Waals surface area contributed by atoms with Gasteiger partial charge in [0.15, 0.2) is 12.1 Å². The molecule has 4 N–H and O–H groups in total. The number of nitrogens with zero attached hydrogens (tertiary/aromatic N) is 1. The van der Waals surface area contributed by atoms with Crippen LogP contribution in [0, 0.1) is 0 Å². The maximum atomic E-state index is 12.4. The maximum Gasteiger partial charge on any atom is 0.256 e. The number of thioether (sulfide) groups is 1. The molecule has 0 spiro atoms. The van der Waals surface area contributed by atoms with Crippen LogP contribution in [0.25, 0.3) is 22.6 Å². The smallest absolute Gasteiger partial charge is 0.256 e. The molecule has 2 heterocycles. The fourth-order valence-electron chi connectivity index (χ4n) is 6.01. The lowest BCUT2D eigenvalue weighted by Crippen LogP contribution is -2.31. The van der Waals surface area contributed by atoms with Crippen LogP contribution in [0.4, 0.5) is 0 Å². The molecule has 2 amide bonds. The second-order valence-corrected chi connectivity index (χ2v) is 13.6. The van der Waals surface area contributed by atoms with E-state index in [4.69, 9.17) is 24.1 Å². The first kappa shape index (κ1) is 37.0. The van der Waals surface area contributed by atoms with Crippen molar-refractivity contribution in [1.82, 2.24) is 15.8 Å². The summed E-state index contributed by atoms with van der Waals surface area (Å²) < 4.78 is 19.5. The number of carbonyl (C=O) groups excluding carboxylic acids is 2. The Morgan fingerprint density at radius 3 is 2.06 bits per heavy atom. The first-order valence-corrected chi connectivity index (χ1v) is 18.5. The molecule has 1 fully saturated rings. The highest BCUT2D eigenvalue weighted by molar-refractivity contribution is 7.99. The van der Waals surface area contributed by atoms with Crippen molar-refractivity contribution in [2.75, 3.05) is 5.75 Å². The lowest BCUT2D eigenvalue weighted by atomic mass is 10.0. The van der Waals surface area contributed by atoms with Crippen molar-refractivity contribution in [3.05, 3.63) is 131 Å². The van der Waals surface area contributed by atoms with E-state index in [0.29, 0.717) is 43.2 Å². The summed E-state index contributed by atoms with van der Waals surface area (Å²) in [6.07, 6.45) is 2.20. The number of ether oxygens (including phenoxy) is 2. The van der Waals surface area contributed by atoms with E-state index in [0.717, 1.165) is 51.3 Å². The first-order chi connectivity index (χ1) is 25.5. The van der Waals surface area contributed by atoms with Crippen LogP contribution in [0.3, 0.4) is 0 Å². The zero-order valence-corrected chi connectivity index (χ0v) is 29.6. The topological polar surface area (TPSA) is 143 Å².